The SMILES string of the molecule is Cc1ccc(NS(=O)(=O)c2cc(C(=O)Nc3ccccc3C(=O)N3CCOCC3)ccc2C)c(C)c1. The molecule has 0 unspecified atom stereocenters. The number of hydrogen-bond donors (Lipinski definition) is 2. The summed E-state index contributed by atoms with van der Waals surface area (Å²) in [6.07, 6.45) is 0. The molecule has 1 fully saturated rings. The number of carbonyl (C=O) groups excluding carboxylic acids is 2. The van der Waals surface area contributed by atoms with Crippen molar-refractivity contribution in [3.05, 3.63) is 88.5 Å². The van der Waals surface area contributed by atoms with Gasteiger partial charge in [0.2, 0.25) is 0 Å². The predicted molar refractivity (Wildman–Crippen MR) is 139 cm³/mol. The number of rotatable bonds is 6. The second-order valence-electron chi connectivity index (χ2n) is 8.81. The highest BCUT2D eigenvalue weighted by atomic mass is 32.2. The molecule has 2 amide bonds. The number of benzene rings is 3. The zero-order chi connectivity index (χ0) is 25.9. The van der Waals surface area contributed by atoms with Crippen LogP contribution in [0.1, 0.15) is 37.4 Å². The van der Waals surface area contributed by atoms with Crippen molar-refractivity contribution in [3.8, 4) is 0 Å². The number of sulfonamides is 1. The Bertz CT molecular complexity index is 1410. The van der Waals surface area contributed by atoms with E-state index in [1.54, 1.807) is 54.3 Å². The molecule has 1 aliphatic rings. The van der Waals surface area contributed by atoms with Gasteiger partial charge in [-0.05, 0) is 62.2 Å². The van der Waals surface area contributed by atoms with Gasteiger partial charge < -0.3 is 15.0 Å². The Morgan fingerprint density at radius 2 is 1.58 bits per heavy atom. The number of amides is 2. The molecular formula is C27H29N3O5S. The predicted octanol–water partition coefficient (Wildman–Crippen LogP) is 4.14. The molecule has 0 aromatic heterocycles. The molecule has 36 heavy (non-hydrogen) atoms. The minimum atomic E-state index is -3.95. The Morgan fingerprint density at radius 1 is 0.861 bits per heavy atom. The largest absolute Gasteiger partial charge is 0.378 e. The van der Waals surface area contributed by atoms with Crippen LogP contribution in [0.2, 0.25) is 0 Å². The van der Waals surface area contributed by atoms with E-state index in [1.807, 2.05) is 26.0 Å². The molecule has 1 aliphatic heterocycles. The van der Waals surface area contributed by atoms with Crippen LogP contribution >= 0.6 is 0 Å². The lowest BCUT2D eigenvalue weighted by atomic mass is 10.1. The number of ether oxygens (including phenoxy) is 1. The van der Waals surface area contributed by atoms with Crippen LogP contribution in [0.25, 0.3) is 0 Å². The summed E-state index contributed by atoms with van der Waals surface area (Å²) in [5.74, 6) is -0.709. The fourth-order valence-corrected chi connectivity index (χ4v) is 5.47. The molecule has 0 saturated carbocycles. The molecule has 1 saturated heterocycles. The normalized spacial score (nSPS) is 13.8. The van der Waals surface area contributed by atoms with E-state index >= 15 is 0 Å². The van der Waals surface area contributed by atoms with E-state index in [2.05, 4.69) is 10.0 Å². The lowest BCUT2D eigenvalue weighted by Gasteiger charge is -2.27. The first-order chi connectivity index (χ1) is 17.2. The fraction of sp³-hybridized carbons (Fsp3) is 0.259. The second-order valence-corrected chi connectivity index (χ2v) is 10.5. The van der Waals surface area contributed by atoms with Crippen molar-refractivity contribution >= 4 is 33.2 Å². The highest BCUT2D eigenvalue weighted by molar-refractivity contribution is 7.92. The highest BCUT2D eigenvalue weighted by Crippen LogP contribution is 2.25. The topological polar surface area (TPSA) is 105 Å². The molecule has 0 radical (unpaired) electrons. The van der Waals surface area contributed by atoms with Crippen molar-refractivity contribution in [2.75, 3.05) is 36.3 Å². The van der Waals surface area contributed by atoms with Crippen LogP contribution in [-0.2, 0) is 14.8 Å². The maximum atomic E-state index is 13.2. The summed E-state index contributed by atoms with van der Waals surface area (Å²) in [5, 5.41) is 2.78. The summed E-state index contributed by atoms with van der Waals surface area (Å²) >= 11 is 0. The van der Waals surface area contributed by atoms with Crippen molar-refractivity contribution in [2.45, 2.75) is 25.7 Å². The van der Waals surface area contributed by atoms with Gasteiger partial charge in [-0.3, -0.25) is 14.3 Å². The van der Waals surface area contributed by atoms with Crippen LogP contribution in [0.4, 0.5) is 11.4 Å². The summed E-state index contributed by atoms with van der Waals surface area (Å²) in [5.41, 5.74) is 3.69. The number of para-hydroxylation sites is 1. The molecule has 0 atom stereocenters. The van der Waals surface area contributed by atoms with Gasteiger partial charge in [-0.1, -0.05) is 35.9 Å². The van der Waals surface area contributed by atoms with Gasteiger partial charge in [0.15, 0.2) is 0 Å². The Kier molecular flexibility index (Phi) is 7.42. The molecule has 3 aromatic rings. The third-order valence-corrected chi connectivity index (χ3v) is 7.58. The number of nitrogens with one attached hydrogen (secondary N) is 2. The molecular weight excluding hydrogens is 478 g/mol. The molecule has 2 N–H and O–H groups in total. The van der Waals surface area contributed by atoms with Gasteiger partial charge in [-0.25, -0.2) is 8.42 Å². The summed E-state index contributed by atoms with van der Waals surface area (Å²) in [6.45, 7) is 7.34. The molecule has 3 aromatic carbocycles. The molecule has 0 aliphatic carbocycles. The van der Waals surface area contributed by atoms with Gasteiger partial charge >= 0.3 is 0 Å². The van der Waals surface area contributed by atoms with Gasteiger partial charge in [0.25, 0.3) is 21.8 Å². The molecule has 9 heteroatoms. The van der Waals surface area contributed by atoms with Crippen molar-refractivity contribution in [1.82, 2.24) is 4.90 Å². The zero-order valence-electron chi connectivity index (χ0n) is 20.5. The van der Waals surface area contributed by atoms with Gasteiger partial charge in [-0.15, -0.1) is 0 Å². The summed E-state index contributed by atoms with van der Waals surface area (Å²) in [6, 6.07) is 16.7. The summed E-state index contributed by atoms with van der Waals surface area (Å²) in [7, 11) is -3.95. The molecule has 0 bridgehead atoms. The quantitative estimate of drug-likeness (QED) is 0.522. The number of aryl methyl sites for hydroxylation is 3. The van der Waals surface area contributed by atoms with E-state index < -0.39 is 15.9 Å². The number of hydrogen-bond acceptors (Lipinski definition) is 5. The zero-order valence-corrected chi connectivity index (χ0v) is 21.3. The van der Waals surface area contributed by atoms with Gasteiger partial charge in [0, 0.05) is 18.7 Å². The van der Waals surface area contributed by atoms with Crippen molar-refractivity contribution in [2.24, 2.45) is 0 Å². The number of nitrogens with zero attached hydrogens (tertiary/aromatic N) is 1. The van der Waals surface area contributed by atoms with Crippen molar-refractivity contribution in [3.63, 3.8) is 0 Å². The van der Waals surface area contributed by atoms with Crippen LogP contribution < -0.4 is 10.0 Å². The first kappa shape index (κ1) is 25.4. The molecule has 1 heterocycles. The standard InChI is InChI=1S/C27H29N3O5S/c1-18-8-11-23(20(3)16-18)29-36(33,34)25-17-21(10-9-19(25)2)26(31)28-24-7-5-4-6-22(24)27(32)30-12-14-35-15-13-30/h4-11,16-17,29H,12-15H2,1-3H3,(H,28,31). The number of anilines is 2. The van der Waals surface area contributed by atoms with Crippen molar-refractivity contribution < 1.29 is 22.7 Å². The van der Waals surface area contributed by atoms with E-state index in [1.165, 1.54) is 6.07 Å². The third kappa shape index (κ3) is 5.58. The molecule has 0 spiro atoms. The van der Waals surface area contributed by atoms with E-state index in [0.717, 1.165) is 11.1 Å². The number of morpholine rings is 1. The van der Waals surface area contributed by atoms with Gasteiger partial charge in [-0.2, -0.15) is 0 Å². The average molecular weight is 508 g/mol. The second kappa shape index (κ2) is 10.5. The monoisotopic (exact) mass is 507 g/mol. The first-order valence-electron chi connectivity index (χ1n) is 11.6. The Morgan fingerprint density at radius 3 is 2.31 bits per heavy atom. The van der Waals surface area contributed by atoms with Gasteiger partial charge in [0.1, 0.15) is 0 Å². The van der Waals surface area contributed by atoms with Crippen molar-refractivity contribution in [1.29, 1.82) is 0 Å². The number of carbonyl (C=O) groups is 2. The van der Waals surface area contributed by atoms with E-state index in [9.17, 15) is 18.0 Å². The lowest BCUT2D eigenvalue weighted by Crippen LogP contribution is -2.41. The fourth-order valence-electron chi connectivity index (χ4n) is 4.07. The third-order valence-electron chi connectivity index (χ3n) is 6.07. The van der Waals surface area contributed by atoms with Crippen LogP contribution in [0, 0.1) is 20.8 Å². The smallest absolute Gasteiger partial charge is 0.262 e. The Labute approximate surface area is 211 Å². The van der Waals surface area contributed by atoms with E-state index in [4.69, 9.17) is 4.74 Å². The molecule has 188 valence electrons. The van der Waals surface area contributed by atoms with E-state index in [-0.39, 0.29) is 16.4 Å². The van der Waals surface area contributed by atoms with Crippen LogP contribution in [0.5, 0.6) is 0 Å². The maximum absolute atomic E-state index is 13.2. The maximum Gasteiger partial charge on any atom is 0.262 e. The van der Waals surface area contributed by atoms with Crippen LogP contribution in [0.3, 0.4) is 0 Å². The Balaban J connectivity index is 1.58. The first-order valence-corrected chi connectivity index (χ1v) is 13.1. The van der Waals surface area contributed by atoms with E-state index in [0.29, 0.717) is 48.8 Å². The minimum absolute atomic E-state index is 0.00723. The highest BCUT2D eigenvalue weighted by Gasteiger charge is 2.23. The molecule has 4 rings (SSSR count). The lowest BCUT2D eigenvalue weighted by molar-refractivity contribution is 0.0303. The Hall–Kier alpha value is -3.69. The van der Waals surface area contributed by atoms with Crippen LogP contribution in [0.15, 0.2) is 65.6 Å². The summed E-state index contributed by atoms with van der Waals surface area (Å²) in [4.78, 5) is 27.8. The van der Waals surface area contributed by atoms with Gasteiger partial charge in [0.05, 0.1) is 35.0 Å². The molecule has 8 nitrogen and oxygen atoms in total. The average Bonchev–Trinajstić information content (AvgIpc) is 2.86. The van der Waals surface area contributed by atoms with Crippen LogP contribution in [-0.4, -0.2) is 51.4 Å². The minimum Gasteiger partial charge on any atom is -0.378 e. The summed E-state index contributed by atoms with van der Waals surface area (Å²) < 4.78 is 34.4.